The fourth-order valence-electron chi connectivity index (χ4n) is 1.13. The highest BCUT2D eigenvalue weighted by Crippen LogP contribution is 2.14. The Hall–Kier alpha value is -0.660. The summed E-state index contributed by atoms with van der Waals surface area (Å²) in [4.78, 5) is 16.2. The van der Waals surface area contributed by atoms with Gasteiger partial charge >= 0.3 is 6.15 Å². The van der Waals surface area contributed by atoms with Crippen LogP contribution in [0.1, 0.15) is 32.1 Å². The van der Waals surface area contributed by atoms with Crippen molar-refractivity contribution >= 4 is 6.15 Å². The van der Waals surface area contributed by atoms with Crippen LogP contribution in [0, 0.1) is 0 Å². The van der Waals surface area contributed by atoms with E-state index in [0.717, 1.165) is 0 Å². The summed E-state index contributed by atoms with van der Waals surface area (Å²) in [6, 6.07) is 0.536. The number of carbonyl (C=O) groups excluding carboxylic acids is 2. The van der Waals surface area contributed by atoms with E-state index in [1.54, 1.807) is 0 Å². The summed E-state index contributed by atoms with van der Waals surface area (Å²) in [6.45, 7) is 0. The Morgan fingerprint density at radius 2 is 1.50 bits per heavy atom. The average Bonchev–Trinajstić information content (AvgIpc) is 1.91. The van der Waals surface area contributed by atoms with Crippen molar-refractivity contribution in [1.82, 2.24) is 0 Å². The molecular weight excluding hydrogens is 130 g/mol. The molecule has 3 nitrogen and oxygen atoms in total. The summed E-state index contributed by atoms with van der Waals surface area (Å²) in [5.41, 5.74) is 5.63. The van der Waals surface area contributed by atoms with Gasteiger partial charge in [0.05, 0.1) is 0 Å². The Morgan fingerprint density at radius 1 is 1.10 bits per heavy atom. The van der Waals surface area contributed by atoms with Crippen molar-refractivity contribution in [2.24, 2.45) is 5.73 Å². The van der Waals surface area contributed by atoms with Gasteiger partial charge in [-0.05, 0) is 12.8 Å². The first-order valence-corrected chi connectivity index (χ1v) is 3.56. The molecule has 3 heteroatoms. The van der Waals surface area contributed by atoms with Gasteiger partial charge in [-0.15, -0.1) is 0 Å². The van der Waals surface area contributed by atoms with Crippen molar-refractivity contribution in [3.63, 3.8) is 0 Å². The van der Waals surface area contributed by atoms with E-state index in [1.807, 2.05) is 0 Å². The lowest BCUT2D eigenvalue weighted by molar-refractivity contribution is -0.191. The van der Waals surface area contributed by atoms with Gasteiger partial charge in [0.15, 0.2) is 0 Å². The molecule has 0 aromatic heterocycles. The Balaban J connectivity index is 0.000000236. The van der Waals surface area contributed by atoms with E-state index >= 15 is 0 Å². The zero-order chi connectivity index (χ0) is 7.82. The Labute approximate surface area is 60.6 Å². The molecular formula is C7H13NO2. The van der Waals surface area contributed by atoms with Crippen LogP contribution in [-0.4, -0.2) is 12.2 Å². The smallest absolute Gasteiger partial charge is 0.328 e. The van der Waals surface area contributed by atoms with Crippen LogP contribution in [0.5, 0.6) is 0 Å². The third-order valence-electron chi connectivity index (χ3n) is 1.65. The largest absolute Gasteiger partial charge is 0.373 e. The van der Waals surface area contributed by atoms with Gasteiger partial charge in [0.2, 0.25) is 0 Å². The average molecular weight is 143 g/mol. The SMILES string of the molecule is NC1CCCCC1.O=C=O. The summed E-state index contributed by atoms with van der Waals surface area (Å²) >= 11 is 0. The summed E-state index contributed by atoms with van der Waals surface area (Å²) in [7, 11) is 0. The van der Waals surface area contributed by atoms with Crippen molar-refractivity contribution in [2.45, 2.75) is 38.1 Å². The van der Waals surface area contributed by atoms with Gasteiger partial charge < -0.3 is 5.73 Å². The maximum absolute atomic E-state index is 8.12. The molecule has 1 fully saturated rings. The monoisotopic (exact) mass is 143 g/mol. The lowest BCUT2D eigenvalue weighted by atomic mass is 9.97. The minimum atomic E-state index is 0.250. The van der Waals surface area contributed by atoms with Gasteiger partial charge in [0, 0.05) is 6.04 Å². The van der Waals surface area contributed by atoms with E-state index < -0.39 is 0 Å². The molecule has 1 aliphatic rings. The summed E-state index contributed by atoms with van der Waals surface area (Å²) in [5, 5.41) is 0. The molecule has 0 bridgehead atoms. The fraction of sp³-hybridized carbons (Fsp3) is 0.857. The van der Waals surface area contributed by atoms with Gasteiger partial charge in [0.25, 0.3) is 0 Å². The van der Waals surface area contributed by atoms with Crippen LogP contribution >= 0.6 is 0 Å². The summed E-state index contributed by atoms with van der Waals surface area (Å²) < 4.78 is 0. The first-order valence-electron chi connectivity index (χ1n) is 3.56. The van der Waals surface area contributed by atoms with Crippen molar-refractivity contribution in [3.8, 4) is 0 Å². The number of rotatable bonds is 0. The lowest BCUT2D eigenvalue weighted by Gasteiger charge is -2.15. The Kier molecular flexibility index (Phi) is 6.03. The third kappa shape index (κ3) is 5.48. The van der Waals surface area contributed by atoms with E-state index in [9.17, 15) is 0 Å². The third-order valence-corrected chi connectivity index (χ3v) is 1.65. The second-order valence-electron chi connectivity index (χ2n) is 2.48. The van der Waals surface area contributed by atoms with E-state index in [-0.39, 0.29) is 6.15 Å². The molecule has 0 aliphatic heterocycles. The predicted octanol–water partition coefficient (Wildman–Crippen LogP) is 0.694. The topological polar surface area (TPSA) is 60.2 Å². The highest BCUT2D eigenvalue weighted by Gasteiger charge is 2.06. The van der Waals surface area contributed by atoms with Gasteiger partial charge in [-0.2, -0.15) is 9.59 Å². The van der Waals surface area contributed by atoms with E-state index in [4.69, 9.17) is 15.3 Å². The number of hydrogen-bond acceptors (Lipinski definition) is 3. The molecule has 0 amide bonds. The summed E-state index contributed by atoms with van der Waals surface area (Å²) in [5.74, 6) is 0. The maximum atomic E-state index is 8.12. The quantitative estimate of drug-likeness (QED) is 0.542. The molecule has 1 rings (SSSR count). The van der Waals surface area contributed by atoms with Gasteiger partial charge in [0.1, 0.15) is 0 Å². The Bertz CT molecular complexity index is 102. The van der Waals surface area contributed by atoms with E-state index in [2.05, 4.69) is 0 Å². The Morgan fingerprint density at radius 3 is 1.70 bits per heavy atom. The van der Waals surface area contributed by atoms with E-state index in [0.29, 0.717) is 6.04 Å². The molecule has 0 spiro atoms. The number of hydrogen-bond donors (Lipinski definition) is 1. The zero-order valence-corrected chi connectivity index (χ0v) is 6.01. The molecule has 1 aliphatic carbocycles. The highest BCUT2D eigenvalue weighted by atomic mass is 16.2. The van der Waals surface area contributed by atoms with Crippen LogP contribution in [0.2, 0.25) is 0 Å². The van der Waals surface area contributed by atoms with Crippen LogP contribution in [0.3, 0.4) is 0 Å². The molecule has 10 heavy (non-hydrogen) atoms. The summed E-state index contributed by atoms with van der Waals surface area (Å²) in [6.07, 6.45) is 6.91. The van der Waals surface area contributed by atoms with Crippen LogP contribution in [0.25, 0.3) is 0 Å². The van der Waals surface area contributed by atoms with Gasteiger partial charge in [-0.1, -0.05) is 19.3 Å². The number of nitrogens with two attached hydrogens (primary N) is 1. The zero-order valence-electron chi connectivity index (χ0n) is 6.01. The maximum Gasteiger partial charge on any atom is 0.373 e. The van der Waals surface area contributed by atoms with Crippen molar-refractivity contribution < 1.29 is 9.59 Å². The molecule has 0 aromatic carbocycles. The normalized spacial score (nSPS) is 18.5. The van der Waals surface area contributed by atoms with Crippen LogP contribution in [0.4, 0.5) is 0 Å². The molecule has 2 N–H and O–H groups in total. The minimum absolute atomic E-state index is 0.250. The first-order chi connectivity index (χ1) is 4.81. The van der Waals surface area contributed by atoms with Crippen LogP contribution < -0.4 is 5.73 Å². The molecule has 0 atom stereocenters. The highest BCUT2D eigenvalue weighted by molar-refractivity contribution is 5.20. The molecule has 0 saturated heterocycles. The standard InChI is InChI=1S/C6H13N.CO2/c7-6-4-2-1-3-5-6;2-1-3/h6H,1-5,7H2;. The van der Waals surface area contributed by atoms with Crippen LogP contribution in [-0.2, 0) is 9.59 Å². The molecule has 0 aromatic rings. The molecule has 1 saturated carbocycles. The van der Waals surface area contributed by atoms with Gasteiger partial charge in [-0.3, -0.25) is 0 Å². The second kappa shape index (κ2) is 6.46. The van der Waals surface area contributed by atoms with Crippen molar-refractivity contribution in [1.29, 1.82) is 0 Å². The van der Waals surface area contributed by atoms with Crippen LogP contribution in [0.15, 0.2) is 0 Å². The minimum Gasteiger partial charge on any atom is -0.328 e. The molecule has 0 radical (unpaired) electrons. The molecule has 58 valence electrons. The predicted molar refractivity (Wildman–Crippen MR) is 36.1 cm³/mol. The van der Waals surface area contributed by atoms with E-state index in [1.165, 1.54) is 32.1 Å². The molecule has 0 unspecified atom stereocenters. The molecule has 0 heterocycles. The van der Waals surface area contributed by atoms with Crippen molar-refractivity contribution in [2.75, 3.05) is 0 Å². The fourth-order valence-corrected chi connectivity index (χ4v) is 1.13. The first kappa shape index (κ1) is 9.34. The van der Waals surface area contributed by atoms with Gasteiger partial charge in [-0.25, -0.2) is 0 Å². The second-order valence-corrected chi connectivity index (χ2v) is 2.48. The van der Waals surface area contributed by atoms with Crippen molar-refractivity contribution in [3.05, 3.63) is 0 Å². The lowest BCUT2D eigenvalue weighted by Crippen LogP contribution is -2.22.